The molecule has 0 bridgehead atoms. The van der Waals surface area contributed by atoms with E-state index in [1.54, 1.807) is 19.2 Å². The van der Waals surface area contributed by atoms with Crippen molar-refractivity contribution in [3.63, 3.8) is 0 Å². The molecule has 0 aliphatic carbocycles. The smallest absolute Gasteiger partial charge is 0.141 e. The minimum Gasteiger partial charge on any atom is -0.385 e. The van der Waals surface area contributed by atoms with E-state index in [1.165, 1.54) is 6.07 Å². The van der Waals surface area contributed by atoms with Crippen LogP contribution in [0.1, 0.15) is 12.0 Å². The summed E-state index contributed by atoms with van der Waals surface area (Å²) in [4.78, 5) is 0. The Balaban J connectivity index is 2.59. The average molecular weight is 247 g/mol. The Morgan fingerprint density at radius 2 is 2.31 bits per heavy atom. The first-order valence-corrected chi connectivity index (χ1v) is 5.44. The lowest BCUT2D eigenvalue weighted by molar-refractivity contribution is 0.182. The first kappa shape index (κ1) is 13.4. The molecule has 3 N–H and O–H groups in total. The largest absolute Gasteiger partial charge is 0.385 e. The molecule has 3 nitrogen and oxygen atoms in total. The van der Waals surface area contributed by atoms with Crippen molar-refractivity contribution < 1.29 is 9.13 Å². The third-order valence-electron chi connectivity index (χ3n) is 2.37. The van der Waals surface area contributed by atoms with Gasteiger partial charge in [-0.2, -0.15) is 0 Å². The number of methoxy groups -OCH3 is 1. The van der Waals surface area contributed by atoms with Gasteiger partial charge in [0.05, 0.1) is 5.02 Å². The molecule has 90 valence electrons. The maximum Gasteiger partial charge on any atom is 0.141 e. The summed E-state index contributed by atoms with van der Waals surface area (Å²) in [6.07, 6.45) is 1.49. The topological polar surface area (TPSA) is 47.3 Å². The number of halogens is 2. The molecule has 0 heterocycles. The molecular weight excluding hydrogens is 231 g/mol. The molecule has 0 spiro atoms. The van der Waals surface area contributed by atoms with E-state index < -0.39 is 5.82 Å². The predicted octanol–water partition coefficient (Wildman–Crippen LogP) is 1.89. The molecule has 0 saturated heterocycles. The van der Waals surface area contributed by atoms with Gasteiger partial charge >= 0.3 is 0 Å². The van der Waals surface area contributed by atoms with E-state index in [2.05, 4.69) is 5.43 Å². The Morgan fingerprint density at radius 1 is 1.56 bits per heavy atom. The fraction of sp³-hybridized carbons (Fsp3) is 0.455. The van der Waals surface area contributed by atoms with Gasteiger partial charge in [-0.05, 0) is 30.5 Å². The molecule has 0 aromatic heterocycles. The maximum absolute atomic E-state index is 12.9. The Hall–Kier alpha value is -0.680. The van der Waals surface area contributed by atoms with Crippen molar-refractivity contribution in [3.8, 4) is 0 Å². The quantitative estimate of drug-likeness (QED) is 0.595. The molecular formula is C11H16ClFN2O. The van der Waals surface area contributed by atoms with Crippen LogP contribution in [-0.2, 0) is 11.2 Å². The monoisotopic (exact) mass is 246 g/mol. The highest BCUT2D eigenvalue weighted by molar-refractivity contribution is 6.30. The van der Waals surface area contributed by atoms with Gasteiger partial charge in [0.25, 0.3) is 0 Å². The number of ether oxygens (including phenoxy) is 1. The summed E-state index contributed by atoms with van der Waals surface area (Å²) in [5.41, 5.74) is 3.65. The van der Waals surface area contributed by atoms with E-state index in [9.17, 15) is 4.39 Å². The molecule has 0 aliphatic rings. The standard InChI is InChI=1S/C11H16ClFN2O/c1-16-5-4-9(15-14)6-8-2-3-11(13)10(12)7-8/h2-3,7,9,15H,4-6,14H2,1H3. The molecule has 1 aromatic rings. The molecule has 0 fully saturated rings. The lowest BCUT2D eigenvalue weighted by Gasteiger charge is -2.15. The summed E-state index contributed by atoms with van der Waals surface area (Å²) in [5, 5.41) is 0.139. The molecule has 0 aliphatic heterocycles. The predicted molar refractivity (Wildman–Crippen MR) is 62.7 cm³/mol. The van der Waals surface area contributed by atoms with Gasteiger partial charge in [0.2, 0.25) is 0 Å². The number of hydrogen-bond acceptors (Lipinski definition) is 3. The number of hydrazine groups is 1. The molecule has 1 aromatic carbocycles. The number of nitrogens with one attached hydrogen (secondary N) is 1. The third-order valence-corrected chi connectivity index (χ3v) is 2.66. The fourth-order valence-corrected chi connectivity index (χ4v) is 1.66. The second kappa shape index (κ2) is 6.81. The lowest BCUT2D eigenvalue weighted by atomic mass is 10.0. The van der Waals surface area contributed by atoms with Crippen molar-refractivity contribution in [2.24, 2.45) is 5.84 Å². The van der Waals surface area contributed by atoms with Crippen LogP contribution in [0.15, 0.2) is 18.2 Å². The highest BCUT2D eigenvalue weighted by atomic mass is 35.5. The van der Waals surface area contributed by atoms with Gasteiger partial charge in [-0.3, -0.25) is 11.3 Å². The van der Waals surface area contributed by atoms with Gasteiger partial charge in [-0.15, -0.1) is 0 Å². The van der Waals surface area contributed by atoms with Gasteiger partial charge in [-0.25, -0.2) is 4.39 Å². The van der Waals surface area contributed by atoms with Crippen molar-refractivity contribution in [1.82, 2.24) is 5.43 Å². The first-order chi connectivity index (χ1) is 7.67. The third kappa shape index (κ3) is 4.06. The van der Waals surface area contributed by atoms with Crippen molar-refractivity contribution in [2.45, 2.75) is 18.9 Å². The summed E-state index contributed by atoms with van der Waals surface area (Å²) in [5.74, 6) is 5.01. The van der Waals surface area contributed by atoms with Crippen LogP contribution in [0.3, 0.4) is 0 Å². The normalized spacial score (nSPS) is 12.8. The van der Waals surface area contributed by atoms with E-state index in [1.807, 2.05) is 0 Å². The minimum absolute atomic E-state index is 0.0986. The first-order valence-electron chi connectivity index (χ1n) is 5.06. The van der Waals surface area contributed by atoms with Crippen LogP contribution in [0.4, 0.5) is 4.39 Å². The van der Waals surface area contributed by atoms with Gasteiger partial charge in [0.15, 0.2) is 0 Å². The zero-order chi connectivity index (χ0) is 12.0. The highest BCUT2D eigenvalue weighted by Gasteiger charge is 2.09. The van der Waals surface area contributed by atoms with Gasteiger partial charge in [0, 0.05) is 19.8 Å². The Bertz CT molecular complexity index is 336. The molecule has 0 radical (unpaired) electrons. The maximum atomic E-state index is 12.9. The van der Waals surface area contributed by atoms with Crippen LogP contribution in [0.25, 0.3) is 0 Å². The van der Waals surface area contributed by atoms with Gasteiger partial charge in [-0.1, -0.05) is 17.7 Å². The SMILES string of the molecule is COCCC(Cc1ccc(F)c(Cl)c1)NN. The van der Waals surface area contributed by atoms with Gasteiger partial charge < -0.3 is 4.74 Å². The van der Waals surface area contributed by atoms with Crippen molar-refractivity contribution in [3.05, 3.63) is 34.6 Å². The molecule has 1 rings (SSSR count). The van der Waals surface area contributed by atoms with Crippen LogP contribution in [-0.4, -0.2) is 19.8 Å². The van der Waals surface area contributed by atoms with Crippen LogP contribution in [0.5, 0.6) is 0 Å². The molecule has 0 saturated carbocycles. The number of benzene rings is 1. The van der Waals surface area contributed by atoms with E-state index >= 15 is 0 Å². The Kier molecular flexibility index (Phi) is 5.69. The number of rotatable bonds is 6. The summed E-state index contributed by atoms with van der Waals surface area (Å²) < 4.78 is 17.9. The Morgan fingerprint density at radius 3 is 2.88 bits per heavy atom. The van der Waals surface area contributed by atoms with E-state index in [0.29, 0.717) is 13.0 Å². The molecule has 5 heteroatoms. The lowest BCUT2D eigenvalue weighted by Crippen LogP contribution is -2.37. The van der Waals surface area contributed by atoms with E-state index in [4.69, 9.17) is 22.2 Å². The molecule has 16 heavy (non-hydrogen) atoms. The zero-order valence-electron chi connectivity index (χ0n) is 9.17. The van der Waals surface area contributed by atoms with Gasteiger partial charge in [0.1, 0.15) is 5.82 Å². The van der Waals surface area contributed by atoms with Crippen molar-refractivity contribution in [2.75, 3.05) is 13.7 Å². The minimum atomic E-state index is -0.403. The van der Waals surface area contributed by atoms with E-state index in [-0.39, 0.29) is 11.1 Å². The summed E-state index contributed by atoms with van der Waals surface area (Å²) in [6.45, 7) is 0.629. The molecule has 1 unspecified atom stereocenters. The van der Waals surface area contributed by atoms with Crippen molar-refractivity contribution >= 4 is 11.6 Å². The zero-order valence-corrected chi connectivity index (χ0v) is 9.93. The average Bonchev–Trinajstić information content (AvgIpc) is 2.29. The highest BCUT2D eigenvalue weighted by Crippen LogP contribution is 2.17. The second-order valence-electron chi connectivity index (χ2n) is 3.60. The van der Waals surface area contributed by atoms with E-state index in [0.717, 1.165) is 12.0 Å². The molecule has 1 atom stereocenters. The van der Waals surface area contributed by atoms with Crippen molar-refractivity contribution in [1.29, 1.82) is 0 Å². The Labute approximate surface area is 99.7 Å². The summed E-state index contributed by atoms with van der Waals surface area (Å²) in [6, 6.07) is 4.79. The van der Waals surface area contributed by atoms with Crippen LogP contribution in [0.2, 0.25) is 5.02 Å². The summed E-state index contributed by atoms with van der Waals surface area (Å²) in [7, 11) is 1.64. The second-order valence-corrected chi connectivity index (χ2v) is 4.00. The summed E-state index contributed by atoms with van der Waals surface area (Å²) >= 11 is 5.69. The van der Waals surface area contributed by atoms with Crippen LogP contribution < -0.4 is 11.3 Å². The van der Waals surface area contributed by atoms with Crippen LogP contribution in [0, 0.1) is 5.82 Å². The fourth-order valence-electron chi connectivity index (χ4n) is 1.46. The van der Waals surface area contributed by atoms with Crippen LogP contribution >= 0.6 is 11.6 Å². The number of hydrogen-bond donors (Lipinski definition) is 2. The number of nitrogens with two attached hydrogens (primary N) is 1. The molecule has 0 amide bonds.